The van der Waals surface area contributed by atoms with Crippen LogP contribution in [0.4, 0.5) is 0 Å². The lowest BCUT2D eigenvalue weighted by Crippen LogP contribution is -2.19. The van der Waals surface area contributed by atoms with Crippen molar-refractivity contribution in [1.82, 2.24) is 0 Å². The third-order valence-electron chi connectivity index (χ3n) is 6.79. The molecule has 234 valence electrons. The van der Waals surface area contributed by atoms with Gasteiger partial charge < -0.3 is 0 Å². The van der Waals surface area contributed by atoms with Crippen molar-refractivity contribution in [3.63, 3.8) is 0 Å². The van der Waals surface area contributed by atoms with Crippen LogP contribution in [0.15, 0.2) is 54.1 Å². The van der Waals surface area contributed by atoms with Gasteiger partial charge in [0.25, 0.3) is 0 Å². The van der Waals surface area contributed by atoms with Crippen LogP contribution in [0, 0.1) is 23.7 Å². The van der Waals surface area contributed by atoms with E-state index in [0.29, 0.717) is 0 Å². The van der Waals surface area contributed by atoms with Crippen LogP contribution in [0.5, 0.6) is 0 Å². The summed E-state index contributed by atoms with van der Waals surface area (Å²) in [6, 6.07) is 10.5. The number of aryl methyl sites for hydroxylation is 1. The third kappa shape index (κ3) is 34.7. The number of hydrogen-bond acceptors (Lipinski definition) is 0. The normalized spacial score (nSPS) is 20.4. The molecule has 0 aliphatic heterocycles. The van der Waals surface area contributed by atoms with E-state index in [-0.39, 0.29) is 7.43 Å². The lowest BCUT2D eigenvalue weighted by molar-refractivity contribution is 0.206. The van der Waals surface area contributed by atoms with Crippen molar-refractivity contribution in [2.45, 2.75) is 169 Å². The Morgan fingerprint density at radius 2 is 1.13 bits per heavy atom. The van der Waals surface area contributed by atoms with Gasteiger partial charge >= 0.3 is 0 Å². The summed E-state index contributed by atoms with van der Waals surface area (Å²) >= 11 is 0. The lowest BCUT2D eigenvalue weighted by Gasteiger charge is -2.31. The van der Waals surface area contributed by atoms with Crippen molar-refractivity contribution >= 4 is 0 Å². The molecule has 0 atom stereocenters. The molecule has 2 aliphatic carbocycles. The Balaban J connectivity index is -0.000000121. The lowest BCUT2D eigenvalue weighted by atomic mass is 9.75. The first kappa shape index (κ1) is 47.5. The number of hydrogen-bond donors (Lipinski definition) is 0. The SMILES string of the molecule is C.C=C(C)C(C)=CCC.CC.CC.CC1CCC(C)CC1.CCC.CCC1CC(C)C1.CCc1ccccc1. The molecule has 1 aromatic carbocycles. The van der Waals surface area contributed by atoms with Crippen LogP contribution >= 0.6 is 0 Å². The highest BCUT2D eigenvalue weighted by atomic mass is 14.3. The molecule has 2 saturated carbocycles. The summed E-state index contributed by atoms with van der Waals surface area (Å²) in [6.45, 7) is 33.8. The molecular formula is C39H78. The molecule has 0 heterocycles. The fraction of sp³-hybridized carbons (Fsp3) is 0.744. The molecular weight excluding hydrogens is 468 g/mol. The summed E-state index contributed by atoms with van der Waals surface area (Å²) < 4.78 is 0. The maximum Gasteiger partial charge on any atom is -0.0307 e. The van der Waals surface area contributed by atoms with E-state index < -0.39 is 0 Å². The Hall–Kier alpha value is -1.30. The average molecular weight is 547 g/mol. The Morgan fingerprint density at radius 3 is 1.31 bits per heavy atom. The molecule has 2 fully saturated rings. The largest absolute Gasteiger partial charge is 0.0959 e. The summed E-state index contributed by atoms with van der Waals surface area (Å²) in [5.41, 5.74) is 3.90. The predicted octanol–water partition coefficient (Wildman–Crippen LogP) is 14.5. The molecule has 1 aromatic rings. The Bertz CT molecular complexity index is 570. The highest BCUT2D eigenvalue weighted by Crippen LogP contribution is 2.34. The highest BCUT2D eigenvalue weighted by Gasteiger charge is 2.22. The van der Waals surface area contributed by atoms with Gasteiger partial charge in [0.2, 0.25) is 0 Å². The minimum absolute atomic E-state index is 0. The summed E-state index contributed by atoms with van der Waals surface area (Å²) in [4.78, 5) is 0. The average Bonchev–Trinajstić information content (AvgIpc) is 2.93. The van der Waals surface area contributed by atoms with E-state index in [2.05, 4.69) is 99.2 Å². The van der Waals surface area contributed by atoms with Crippen LogP contribution in [-0.4, -0.2) is 0 Å². The minimum atomic E-state index is 0. The number of benzene rings is 1. The van der Waals surface area contributed by atoms with Gasteiger partial charge in [-0.25, -0.2) is 0 Å². The van der Waals surface area contributed by atoms with Gasteiger partial charge in [-0.3, -0.25) is 0 Å². The topological polar surface area (TPSA) is 0 Å². The molecule has 3 rings (SSSR count). The predicted molar refractivity (Wildman–Crippen MR) is 189 cm³/mol. The van der Waals surface area contributed by atoms with Gasteiger partial charge in [-0.15, -0.1) is 0 Å². The van der Waals surface area contributed by atoms with Gasteiger partial charge in [0.1, 0.15) is 0 Å². The Kier molecular flexibility index (Phi) is 44.7. The molecule has 39 heavy (non-hydrogen) atoms. The summed E-state index contributed by atoms with van der Waals surface area (Å²) in [5.74, 6) is 4.18. The molecule has 0 bridgehead atoms. The zero-order chi connectivity index (χ0) is 30.4. The van der Waals surface area contributed by atoms with Crippen molar-refractivity contribution in [2.24, 2.45) is 23.7 Å². The standard InChI is InChI=1S/C8H16.C8H10.C8H14.C7H14.C3H8.2C2H6.CH4/c1-7-3-5-8(2)6-4-7;1-2-8-6-4-3-5-7-8;1-5-6-8(4)7(2)3;1-3-7-4-6(2)5-7;1-3-2;2*1-2;/h7-8H,3-6H2,1-2H3;3-7H,2H2,1H3;6H,2,5H2,1,3-4H3;6-7H,3-5H2,1-2H3;3H2,1-2H3;2*1-2H3;1H4. The van der Waals surface area contributed by atoms with E-state index >= 15 is 0 Å². The van der Waals surface area contributed by atoms with E-state index in [1.807, 2.05) is 40.7 Å². The quantitative estimate of drug-likeness (QED) is 0.329. The first-order chi connectivity index (χ1) is 18.1. The first-order valence-corrected chi connectivity index (χ1v) is 16.5. The van der Waals surface area contributed by atoms with Crippen molar-refractivity contribution < 1.29 is 0 Å². The third-order valence-corrected chi connectivity index (χ3v) is 6.79. The zero-order valence-corrected chi connectivity index (χ0v) is 29.1. The maximum absolute atomic E-state index is 3.81. The fourth-order valence-electron chi connectivity index (χ4n) is 4.02. The summed E-state index contributed by atoms with van der Waals surface area (Å²) in [5, 5.41) is 0. The van der Waals surface area contributed by atoms with Gasteiger partial charge in [0, 0.05) is 0 Å². The second-order valence-corrected chi connectivity index (χ2v) is 10.8. The van der Waals surface area contributed by atoms with Gasteiger partial charge in [0.15, 0.2) is 0 Å². The maximum atomic E-state index is 3.81. The summed E-state index contributed by atoms with van der Waals surface area (Å²) in [7, 11) is 0. The molecule has 0 N–H and O–H groups in total. The number of rotatable bonds is 4. The van der Waals surface area contributed by atoms with Crippen LogP contribution in [0.3, 0.4) is 0 Å². The van der Waals surface area contributed by atoms with Crippen molar-refractivity contribution in [3.05, 3.63) is 59.7 Å². The second kappa shape index (κ2) is 36.7. The van der Waals surface area contributed by atoms with Gasteiger partial charge in [0.05, 0.1) is 0 Å². The van der Waals surface area contributed by atoms with Crippen molar-refractivity contribution in [3.8, 4) is 0 Å². The van der Waals surface area contributed by atoms with Crippen molar-refractivity contribution in [1.29, 1.82) is 0 Å². The molecule has 0 nitrogen and oxygen atoms in total. The van der Waals surface area contributed by atoms with Crippen LogP contribution < -0.4 is 0 Å². The second-order valence-electron chi connectivity index (χ2n) is 10.8. The summed E-state index contributed by atoms with van der Waals surface area (Å²) in [6.07, 6.45) is 16.0. The van der Waals surface area contributed by atoms with E-state index in [4.69, 9.17) is 0 Å². The monoisotopic (exact) mass is 547 g/mol. The molecule has 0 heteroatoms. The minimum Gasteiger partial charge on any atom is -0.0959 e. The van der Waals surface area contributed by atoms with Gasteiger partial charge in [-0.1, -0.05) is 183 Å². The van der Waals surface area contributed by atoms with Gasteiger partial charge in [-0.2, -0.15) is 0 Å². The molecule has 0 aromatic heterocycles. The van der Waals surface area contributed by atoms with E-state index in [0.717, 1.165) is 36.5 Å². The van der Waals surface area contributed by atoms with Crippen LogP contribution in [0.25, 0.3) is 0 Å². The van der Waals surface area contributed by atoms with E-state index in [1.54, 1.807) is 0 Å². The fourth-order valence-corrected chi connectivity index (χ4v) is 4.02. The van der Waals surface area contributed by atoms with E-state index in [1.165, 1.54) is 68.1 Å². The molecule has 0 amide bonds. The first-order valence-electron chi connectivity index (χ1n) is 16.5. The Labute approximate surface area is 251 Å². The Morgan fingerprint density at radius 1 is 0.744 bits per heavy atom. The highest BCUT2D eigenvalue weighted by molar-refractivity contribution is 5.23. The molecule has 2 aliphatic rings. The molecule has 0 saturated heterocycles. The van der Waals surface area contributed by atoms with Crippen LogP contribution in [-0.2, 0) is 6.42 Å². The van der Waals surface area contributed by atoms with Crippen molar-refractivity contribution in [2.75, 3.05) is 0 Å². The zero-order valence-electron chi connectivity index (χ0n) is 29.1. The molecule has 0 spiro atoms. The number of allylic oxidation sites excluding steroid dienone is 3. The molecule has 0 unspecified atom stereocenters. The van der Waals surface area contributed by atoms with Crippen LogP contribution in [0.2, 0.25) is 0 Å². The molecule has 0 radical (unpaired) electrons. The van der Waals surface area contributed by atoms with Crippen LogP contribution in [0.1, 0.15) is 168 Å². The van der Waals surface area contributed by atoms with E-state index in [9.17, 15) is 0 Å². The smallest absolute Gasteiger partial charge is 0.0307 e. The van der Waals surface area contributed by atoms with Gasteiger partial charge in [-0.05, 0) is 68.8 Å².